The highest BCUT2D eigenvalue weighted by molar-refractivity contribution is 7.80. The number of nitrogens with one attached hydrogen (secondary N) is 2. The zero-order chi connectivity index (χ0) is 20.3. The van der Waals surface area contributed by atoms with Gasteiger partial charge < -0.3 is 14.8 Å². The van der Waals surface area contributed by atoms with E-state index in [1.807, 2.05) is 0 Å². The van der Waals surface area contributed by atoms with Crippen LogP contribution in [-0.4, -0.2) is 66.6 Å². The predicted molar refractivity (Wildman–Crippen MR) is 114 cm³/mol. The second kappa shape index (κ2) is 11.2. The van der Waals surface area contributed by atoms with E-state index >= 15 is 0 Å². The molecule has 2 aromatic rings. The number of carbonyl (C=O) groups is 1. The van der Waals surface area contributed by atoms with Gasteiger partial charge in [0, 0.05) is 38.6 Å². The maximum atomic E-state index is 12.0. The van der Waals surface area contributed by atoms with E-state index in [-0.39, 0.29) is 0 Å². The number of aromatic nitrogens is 1. The Kier molecular flexibility index (Phi) is 8.05. The second-order valence-electron chi connectivity index (χ2n) is 6.28. The van der Waals surface area contributed by atoms with Crippen LogP contribution in [0.2, 0.25) is 0 Å². The quantitative estimate of drug-likeness (QED) is 0.232. The van der Waals surface area contributed by atoms with Gasteiger partial charge in [-0.25, -0.2) is 4.79 Å². The number of benzene rings is 1. The zero-order valence-electron chi connectivity index (χ0n) is 15.9. The van der Waals surface area contributed by atoms with E-state index in [2.05, 4.69) is 25.7 Å². The molecule has 0 unspecified atom stereocenters. The van der Waals surface area contributed by atoms with E-state index < -0.39 is 5.97 Å². The molecule has 1 aromatic carbocycles. The minimum absolute atomic E-state index is 0.400. The molecule has 1 aliphatic rings. The summed E-state index contributed by atoms with van der Waals surface area (Å²) >= 11 is 5.21. The third kappa shape index (κ3) is 7.22. The Morgan fingerprint density at radius 2 is 2.07 bits per heavy atom. The van der Waals surface area contributed by atoms with Crippen molar-refractivity contribution in [3.8, 4) is 5.75 Å². The van der Waals surface area contributed by atoms with Gasteiger partial charge in [-0.05, 0) is 54.2 Å². The van der Waals surface area contributed by atoms with Crippen LogP contribution in [0.5, 0.6) is 5.75 Å². The Bertz CT molecular complexity index is 824. The Balaban J connectivity index is 1.38. The normalized spacial score (nSPS) is 14.5. The molecule has 2 heterocycles. The SMILES string of the molecule is O=C(Oc1ccc(C=NNC(=S)NCCN2CCOCC2)cc1)c1cccnc1. The van der Waals surface area contributed by atoms with Crippen LogP contribution in [-0.2, 0) is 4.74 Å². The van der Waals surface area contributed by atoms with Gasteiger partial charge >= 0.3 is 5.97 Å². The molecule has 1 saturated heterocycles. The molecule has 0 saturated carbocycles. The van der Waals surface area contributed by atoms with Crippen LogP contribution in [0.4, 0.5) is 0 Å². The number of carbonyl (C=O) groups excluding carboxylic acids is 1. The number of hydrogen-bond donors (Lipinski definition) is 2. The molecule has 3 rings (SSSR count). The van der Waals surface area contributed by atoms with Crippen molar-refractivity contribution in [3.63, 3.8) is 0 Å². The van der Waals surface area contributed by atoms with Gasteiger partial charge in [-0.2, -0.15) is 5.10 Å². The van der Waals surface area contributed by atoms with Gasteiger partial charge in [0.1, 0.15) is 5.75 Å². The topological polar surface area (TPSA) is 88.1 Å². The number of thiocarbonyl (C=S) groups is 1. The van der Waals surface area contributed by atoms with E-state index in [4.69, 9.17) is 21.7 Å². The summed E-state index contributed by atoms with van der Waals surface area (Å²) in [5.41, 5.74) is 4.03. The monoisotopic (exact) mass is 413 g/mol. The third-order valence-corrected chi connectivity index (χ3v) is 4.42. The minimum Gasteiger partial charge on any atom is -0.423 e. The van der Waals surface area contributed by atoms with Gasteiger partial charge in [-0.15, -0.1) is 0 Å². The third-order valence-electron chi connectivity index (χ3n) is 4.18. The Labute approximate surface area is 174 Å². The van der Waals surface area contributed by atoms with E-state index in [9.17, 15) is 4.79 Å². The van der Waals surface area contributed by atoms with E-state index in [1.165, 1.54) is 6.20 Å². The Morgan fingerprint density at radius 3 is 2.79 bits per heavy atom. The van der Waals surface area contributed by atoms with Crippen LogP contribution >= 0.6 is 12.2 Å². The molecule has 29 heavy (non-hydrogen) atoms. The summed E-state index contributed by atoms with van der Waals surface area (Å²) < 4.78 is 10.6. The largest absolute Gasteiger partial charge is 0.423 e. The summed E-state index contributed by atoms with van der Waals surface area (Å²) in [5, 5.41) is 7.71. The van der Waals surface area contributed by atoms with Gasteiger partial charge in [-0.3, -0.25) is 15.3 Å². The van der Waals surface area contributed by atoms with E-state index in [0.29, 0.717) is 16.4 Å². The molecule has 0 aliphatic carbocycles. The molecule has 0 radical (unpaired) electrons. The fraction of sp³-hybridized carbons (Fsp3) is 0.300. The fourth-order valence-electron chi connectivity index (χ4n) is 2.63. The van der Waals surface area contributed by atoms with Gasteiger partial charge in [0.05, 0.1) is 25.0 Å². The number of hydrazone groups is 1. The first-order valence-corrected chi connectivity index (χ1v) is 9.71. The van der Waals surface area contributed by atoms with Crippen LogP contribution < -0.4 is 15.5 Å². The lowest BCUT2D eigenvalue weighted by molar-refractivity contribution is 0.0389. The van der Waals surface area contributed by atoms with Crippen LogP contribution in [0.3, 0.4) is 0 Å². The second-order valence-corrected chi connectivity index (χ2v) is 6.69. The maximum absolute atomic E-state index is 12.0. The number of morpholine rings is 1. The van der Waals surface area contributed by atoms with Crippen LogP contribution in [0, 0.1) is 0 Å². The van der Waals surface area contributed by atoms with Crippen LogP contribution in [0.1, 0.15) is 15.9 Å². The zero-order valence-corrected chi connectivity index (χ0v) is 16.7. The summed E-state index contributed by atoms with van der Waals surface area (Å²) in [6.07, 6.45) is 4.71. The highest BCUT2D eigenvalue weighted by Gasteiger charge is 2.09. The first-order valence-electron chi connectivity index (χ1n) is 9.30. The number of pyridine rings is 1. The van der Waals surface area contributed by atoms with Gasteiger partial charge in [0.15, 0.2) is 5.11 Å². The standard InChI is InChI=1S/C20H23N5O3S/c26-19(17-2-1-7-21-15-17)28-18-5-3-16(4-6-18)14-23-24-20(29)22-8-9-25-10-12-27-13-11-25/h1-7,14-15H,8-13H2,(H2,22,24,29). The lowest BCUT2D eigenvalue weighted by Crippen LogP contribution is -2.42. The molecule has 1 fully saturated rings. The average Bonchev–Trinajstić information content (AvgIpc) is 2.76. The highest BCUT2D eigenvalue weighted by atomic mass is 32.1. The number of rotatable bonds is 7. The van der Waals surface area contributed by atoms with Crippen molar-refractivity contribution < 1.29 is 14.3 Å². The van der Waals surface area contributed by atoms with Crippen molar-refractivity contribution >= 4 is 29.5 Å². The lowest BCUT2D eigenvalue weighted by Gasteiger charge is -2.26. The summed E-state index contributed by atoms with van der Waals surface area (Å²) in [4.78, 5) is 18.2. The molecule has 2 N–H and O–H groups in total. The number of hydrogen-bond acceptors (Lipinski definition) is 7. The highest BCUT2D eigenvalue weighted by Crippen LogP contribution is 2.13. The minimum atomic E-state index is -0.449. The summed E-state index contributed by atoms with van der Waals surface area (Å²) in [5.74, 6) is -0.000974. The van der Waals surface area contributed by atoms with Crippen molar-refractivity contribution in [2.75, 3.05) is 39.4 Å². The van der Waals surface area contributed by atoms with Crippen molar-refractivity contribution in [3.05, 3.63) is 59.9 Å². The van der Waals surface area contributed by atoms with Crippen molar-refractivity contribution in [1.29, 1.82) is 0 Å². The molecule has 9 heteroatoms. The van der Waals surface area contributed by atoms with Crippen LogP contribution in [0.25, 0.3) is 0 Å². The number of nitrogens with zero attached hydrogens (tertiary/aromatic N) is 3. The average molecular weight is 414 g/mol. The number of ether oxygens (including phenoxy) is 2. The van der Waals surface area contributed by atoms with Gasteiger partial charge in [0.25, 0.3) is 0 Å². The first kappa shape index (κ1) is 20.8. The molecule has 8 nitrogen and oxygen atoms in total. The van der Waals surface area contributed by atoms with Gasteiger partial charge in [0.2, 0.25) is 0 Å². The smallest absolute Gasteiger partial charge is 0.345 e. The van der Waals surface area contributed by atoms with Gasteiger partial charge in [-0.1, -0.05) is 0 Å². The Morgan fingerprint density at radius 1 is 1.28 bits per heavy atom. The molecule has 0 spiro atoms. The molecular formula is C20H23N5O3S. The van der Waals surface area contributed by atoms with Crippen molar-refractivity contribution in [1.82, 2.24) is 20.6 Å². The molecule has 1 aromatic heterocycles. The maximum Gasteiger partial charge on any atom is 0.345 e. The van der Waals surface area contributed by atoms with E-state index in [0.717, 1.165) is 45.0 Å². The number of esters is 1. The molecule has 152 valence electrons. The van der Waals surface area contributed by atoms with Crippen molar-refractivity contribution in [2.24, 2.45) is 5.10 Å². The fourth-order valence-corrected chi connectivity index (χ4v) is 2.78. The molecule has 0 amide bonds. The summed E-state index contributed by atoms with van der Waals surface area (Å²) in [6, 6.07) is 10.3. The molecular weight excluding hydrogens is 390 g/mol. The molecule has 0 bridgehead atoms. The summed E-state index contributed by atoms with van der Waals surface area (Å²) in [7, 11) is 0. The first-order chi connectivity index (χ1) is 14.2. The summed E-state index contributed by atoms with van der Waals surface area (Å²) in [6.45, 7) is 5.14. The molecule has 1 aliphatic heterocycles. The predicted octanol–water partition coefficient (Wildman–Crippen LogP) is 1.43. The van der Waals surface area contributed by atoms with Crippen molar-refractivity contribution in [2.45, 2.75) is 0 Å². The van der Waals surface area contributed by atoms with E-state index in [1.54, 1.807) is 48.8 Å². The Hall–Kier alpha value is -2.88. The molecule has 0 atom stereocenters. The lowest BCUT2D eigenvalue weighted by atomic mass is 10.2. The van der Waals surface area contributed by atoms with Crippen LogP contribution in [0.15, 0.2) is 53.9 Å².